The largest absolute Gasteiger partial charge is 0.497 e. The van der Waals surface area contributed by atoms with E-state index in [-0.39, 0.29) is 11.3 Å². The highest BCUT2D eigenvalue weighted by Crippen LogP contribution is 2.34. The molecule has 2 heteroatoms. The average molecular weight is 203 g/mol. The van der Waals surface area contributed by atoms with Gasteiger partial charge in [-0.25, -0.2) is 0 Å². The van der Waals surface area contributed by atoms with E-state index in [0.717, 1.165) is 11.3 Å². The Morgan fingerprint density at radius 1 is 1.20 bits per heavy atom. The summed E-state index contributed by atoms with van der Waals surface area (Å²) in [6.07, 6.45) is 0. The van der Waals surface area contributed by atoms with Crippen LogP contribution in [0.1, 0.15) is 32.3 Å². The Balaban J connectivity index is 3.00. The molecule has 1 atom stereocenters. The lowest BCUT2D eigenvalue weighted by atomic mass is 9.77. The van der Waals surface area contributed by atoms with Crippen molar-refractivity contribution in [1.29, 1.82) is 5.26 Å². The number of benzene rings is 1. The zero-order chi connectivity index (χ0) is 11.5. The lowest BCUT2D eigenvalue weighted by Crippen LogP contribution is -2.16. The molecule has 0 bridgehead atoms. The van der Waals surface area contributed by atoms with E-state index in [1.807, 2.05) is 24.3 Å². The first-order chi connectivity index (χ1) is 6.99. The molecular formula is C13H17NO. The molecule has 0 unspecified atom stereocenters. The second-order valence-corrected chi connectivity index (χ2v) is 4.70. The van der Waals surface area contributed by atoms with Crippen LogP contribution < -0.4 is 4.74 Å². The van der Waals surface area contributed by atoms with E-state index in [9.17, 15) is 0 Å². The van der Waals surface area contributed by atoms with E-state index in [4.69, 9.17) is 10.00 Å². The van der Waals surface area contributed by atoms with Crippen LogP contribution in [0.25, 0.3) is 0 Å². The molecule has 0 aliphatic heterocycles. The molecular weight excluding hydrogens is 186 g/mol. The molecule has 1 aromatic rings. The Hall–Kier alpha value is -1.49. The van der Waals surface area contributed by atoms with Crippen molar-refractivity contribution in [3.63, 3.8) is 0 Å². The molecule has 0 amide bonds. The Bertz CT molecular complexity index is 354. The van der Waals surface area contributed by atoms with Crippen molar-refractivity contribution in [3.05, 3.63) is 29.8 Å². The maximum absolute atomic E-state index is 9.16. The Morgan fingerprint density at radius 3 is 2.07 bits per heavy atom. The molecule has 80 valence electrons. The number of nitrogens with zero attached hydrogens (tertiary/aromatic N) is 1. The molecule has 2 nitrogen and oxygen atoms in total. The summed E-state index contributed by atoms with van der Waals surface area (Å²) in [6.45, 7) is 6.22. The van der Waals surface area contributed by atoms with Gasteiger partial charge < -0.3 is 4.74 Å². The van der Waals surface area contributed by atoms with Gasteiger partial charge in [0, 0.05) is 0 Å². The minimum Gasteiger partial charge on any atom is -0.497 e. The maximum Gasteiger partial charge on any atom is 0.118 e. The first-order valence-electron chi connectivity index (χ1n) is 5.02. The third-order valence-corrected chi connectivity index (χ3v) is 2.44. The fourth-order valence-corrected chi connectivity index (χ4v) is 1.56. The number of ether oxygens (including phenoxy) is 1. The van der Waals surface area contributed by atoms with Gasteiger partial charge in [0.25, 0.3) is 0 Å². The van der Waals surface area contributed by atoms with E-state index < -0.39 is 0 Å². The lowest BCUT2D eigenvalue weighted by molar-refractivity contribution is 0.372. The number of hydrogen-bond acceptors (Lipinski definition) is 2. The van der Waals surface area contributed by atoms with E-state index in [1.165, 1.54) is 0 Å². The first-order valence-corrected chi connectivity index (χ1v) is 5.02. The summed E-state index contributed by atoms with van der Waals surface area (Å²) >= 11 is 0. The molecule has 1 rings (SSSR count). The summed E-state index contributed by atoms with van der Waals surface area (Å²) in [5, 5.41) is 9.16. The minimum absolute atomic E-state index is 0.0384. The van der Waals surface area contributed by atoms with Crippen molar-refractivity contribution in [2.45, 2.75) is 26.7 Å². The smallest absolute Gasteiger partial charge is 0.118 e. The van der Waals surface area contributed by atoms with Crippen LogP contribution in [0.3, 0.4) is 0 Å². The summed E-state index contributed by atoms with van der Waals surface area (Å²) in [4.78, 5) is 0. The van der Waals surface area contributed by atoms with Gasteiger partial charge in [-0.1, -0.05) is 32.9 Å². The van der Waals surface area contributed by atoms with E-state index in [1.54, 1.807) is 7.11 Å². The molecule has 0 aliphatic rings. The number of rotatable bonds is 2. The van der Waals surface area contributed by atoms with Gasteiger partial charge in [0.05, 0.1) is 19.1 Å². The highest BCUT2D eigenvalue weighted by Gasteiger charge is 2.25. The fourth-order valence-electron chi connectivity index (χ4n) is 1.56. The fraction of sp³-hybridized carbons (Fsp3) is 0.462. The van der Waals surface area contributed by atoms with Crippen LogP contribution in [0.5, 0.6) is 5.75 Å². The van der Waals surface area contributed by atoms with Crippen molar-refractivity contribution in [1.82, 2.24) is 0 Å². The molecule has 0 radical (unpaired) electrons. The van der Waals surface area contributed by atoms with Crippen molar-refractivity contribution < 1.29 is 4.74 Å². The summed E-state index contributed by atoms with van der Waals surface area (Å²) in [5.74, 6) is 0.743. The Morgan fingerprint density at radius 2 is 1.73 bits per heavy atom. The van der Waals surface area contributed by atoms with Crippen LogP contribution in [-0.4, -0.2) is 7.11 Å². The van der Waals surface area contributed by atoms with Crippen LogP contribution >= 0.6 is 0 Å². The molecule has 0 N–H and O–H groups in total. The first kappa shape index (κ1) is 11.6. The third-order valence-electron chi connectivity index (χ3n) is 2.44. The quantitative estimate of drug-likeness (QED) is 0.738. The third kappa shape index (κ3) is 2.73. The van der Waals surface area contributed by atoms with Crippen molar-refractivity contribution in [3.8, 4) is 11.8 Å². The van der Waals surface area contributed by atoms with Crippen molar-refractivity contribution in [2.75, 3.05) is 7.11 Å². The van der Waals surface area contributed by atoms with Crippen LogP contribution in [0, 0.1) is 16.7 Å². The van der Waals surface area contributed by atoms with Gasteiger partial charge in [-0.15, -0.1) is 0 Å². The van der Waals surface area contributed by atoms with Gasteiger partial charge in [0.2, 0.25) is 0 Å². The van der Waals surface area contributed by atoms with Crippen LogP contribution in [-0.2, 0) is 0 Å². The number of nitriles is 1. The molecule has 0 aromatic heterocycles. The van der Waals surface area contributed by atoms with Gasteiger partial charge in [-0.3, -0.25) is 0 Å². The second-order valence-electron chi connectivity index (χ2n) is 4.70. The zero-order valence-corrected chi connectivity index (χ0v) is 9.74. The van der Waals surface area contributed by atoms with Gasteiger partial charge >= 0.3 is 0 Å². The topological polar surface area (TPSA) is 33.0 Å². The van der Waals surface area contributed by atoms with E-state index >= 15 is 0 Å². The van der Waals surface area contributed by atoms with Crippen LogP contribution in [0.15, 0.2) is 24.3 Å². The monoisotopic (exact) mass is 203 g/mol. The molecule has 0 aliphatic carbocycles. The standard InChI is InChI=1S/C13H17NO/c1-13(2,3)12(9-14)10-5-7-11(15-4)8-6-10/h5-8,12H,1-4H3/t12-/m0/s1. The van der Waals surface area contributed by atoms with Crippen molar-refractivity contribution in [2.24, 2.45) is 5.41 Å². The Labute approximate surface area is 91.5 Å². The highest BCUT2D eigenvalue weighted by atomic mass is 16.5. The van der Waals surface area contributed by atoms with Gasteiger partial charge in [-0.2, -0.15) is 5.26 Å². The second kappa shape index (κ2) is 4.35. The Kier molecular flexibility index (Phi) is 3.36. The molecule has 15 heavy (non-hydrogen) atoms. The van der Waals surface area contributed by atoms with Crippen molar-refractivity contribution >= 4 is 0 Å². The predicted octanol–water partition coefficient (Wildman–Crippen LogP) is 3.35. The normalized spacial score (nSPS) is 13.0. The number of methoxy groups -OCH3 is 1. The molecule has 0 saturated heterocycles. The van der Waals surface area contributed by atoms with E-state index in [0.29, 0.717) is 0 Å². The SMILES string of the molecule is COc1ccc([C@H](C#N)C(C)(C)C)cc1. The van der Waals surface area contributed by atoms with E-state index in [2.05, 4.69) is 26.8 Å². The molecule has 1 aromatic carbocycles. The minimum atomic E-state index is -0.0802. The van der Waals surface area contributed by atoms with Crippen LogP contribution in [0.2, 0.25) is 0 Å². The maximum atomic E-state index is 9.16. The molecule has 0 spiro atoms. The summed E-state index contributed by atoms with van der Waals surface area (Å²) in [7, 11) is 1.64. The highest BCUT2D eigenvalue weighted by molar-refractivity contribution is 5.33. The average Bonchev–Trinajstić information content (AvgIpc) is 2.18. The summed E-state index contributed by atoms with van der Waals surface area (Å²) < 4.78 is 5.09. The van der Waals surface area contributed by atoms with Crippen LogP contribution in [0.4, 0.5) is 0 Å². The summed E-state index contributed by atoms with van der Waals surface area (Å²) in [5.41, 5.74) is 1.01. The van der Waals surface area contributed by atoms with Gasteiger partial charge in [0.1, 0.15) is 5.75 Å². The molecule has 0 heterocycles. The molecule has 0 saturated carbocycles. The zero-order valence-electron chi connectivity index (χ0n) is 9.74. The summed E-state index contributed by atoms with van der Waals surface area (Å²) in [6, 6.07) is 10.1. The number of hydrogen-bond donors (Lipinski definition) is 0. The lowest BCUT2D eigenvalue weighted by Gasteiger charge is -2.25. The predicted molar refractivity (Wildman–Crippen MR) is 60.8 cm³/mol. The molecule has 0 fully saturated rings. The van der Waals surface area contributed by atoms with Gasteiger partial charge in [0.15, 0.2) is 0 Å². The van der Waals surface area contributed by atoms with Gasteiger partial charge in [-0.05, 0) is 23.1 Å².